The fraction of sp³-hybridized carbons (Fsp3) is 0.550. The minimum Gasteiger partial charge on any atom is -0.545 e. The van der Waals surface area contributed by atoms with Crippen LogP contribution in [0.3, 0.4) is 0 Å². The van der Waals surface area contributed by atoms with Crippen molar-refractivity contribution in [1.29, 1.82) is 0 Å². The molecule has 3 saturated carbocycles. The van der Waals surface area contributed by atoms with Crippen molar-refractivity contribution in [2.75, 3.05) is 0 Å². The Morgan fingerprint density at radius 1 is 1.31 bits per heavy atom. The van der Waals surface area contributed by atoms with Crippen molar-refractivity contribution in [3.8, 4) is 5.75 Å². The molecular formula is C20H20F3O3-. The first-order valence-corrected chi connectivity index (χ1v) is 9.00. The number of ether oxygens (including phenoxy) is 1. The Morgan fingerprint density at radius 2 is 2.04 bits per heavy atom. The number of carbonyl (C=O) groups excluding carboxylic acids is 1. The third-order valence-electron chi connectivity index (χ3n) is 6.68. The van der Waals surface area contributed by atoms with Crippen molar-refractivity contribution in [1.82, 2.24) is 0 Å². The molecule has 26 heavy (non-hydrogen) atoms. The van der Waals surface area contributed by atoms with E-state index in [1.54, 1.807) is 6.08 Å². The lowest BCUT2D eigenvalue weighted by molar-refractivity contribution is -0.255. The van der Waals surface area contributed by atoms with Crippen molar-refractivity contribution >= 4 is 5.97 Å². The standard InChI is InChI=1S/C20H21F3O3/c1-2-19(10-12-8-16(19)14-5-3-4-13(12)14)26-17-9-11(18(24)25)6-7-15(17)20(21,22)23/h2,6-7,9,12-14,16H,1,3-5,8,10H2,(H,24,25)/p-1. The van der Waals surface area contributed by atoms with Crippen LogP contribution in [0.4, 0.5) is 13.2 Å². The quantitative estimate of drug-likeness (QED) is 0.762. The molecule has 5 atom stereocenters. The van der Waals surface area contributed by atoms with Crippen LogP contribution in [0.1, 0.15) is 48.0 Å². The number of rotatable bonds is 4. The number of hydrogen-bond donors (Lipinski definition) is 0. The molecule has 0 radical (unpaired) electrons. The molecule has 0 aromatic heterocycles. The van der Waals surface area contributed by atoms with E-state index >= 15 is 0 Å². The molecule has 0 aliphatic heterocycles. The van der Waals surface area contributed by atoms with Crippen LogP contribution < -0.4 is 9.84 Å². The van der Waals surface area contributed by atoms with Gasteiger partial charge in [-0.25, -0.2) is 0 Å². The lowest BCUT2D eigenvalue weighted by Crippen LogP contribution is -2.45. The van der Waals surface area contributed by atoms with Crippen molar-refractivity contribution in [3.05, 3.63) is 42.0 Å². The number of alkyl halides is 3. The fourth-order valence-electron chi connectivity index (χ4n) is 5.70. The lowest BCUT2D eigenvalue weighted by atomic mass is 9.73. The van der Waals surface area contributed by atoms with E-state index in [-0.39, 0.29) is 11.5 Å². The molecule has 3 fully saturated rings. The summed E-state index contributed by atoms with van der Waals surface area (Å²) in [5.41, 5.74) is -2.15. The van der Waals surface area contributed by atoms with Crippen LogP contribution in [0, 0.1) is 23.7 Å². The molecule has 0 saturated heterocycles. The Kier molecular flexibility index (Phi) is 3.86. The minimum absolute atomic E-state index is 0.144. The predicted octanol–water partition coefficient (Wildman–Crippen LogP) is 3.83. The molecule has 0 spiro atoms. The monoisotopic (exact) mass is 365 g/mol. The second kappa shape index (κ2) is 5.76. The number of carboxylic acid groups (broad SMARTS) is 1. The number of benzene rings is 1. The van der Waals surface area contributed by atoms with E-state index in [1.165, 1.54) is 6.42 Å². The Morgan fingerprint density at radius 3 is 2.69 bits per heavy atom. The highest BCUT2D eigenvalue weighted by Crippen LogP contribution is 2.63. The molecule has 3 aliphatic carbocycles. The summed E-state index contributed by atoms with van der Waals surface area (Å²) in [4.78, 5) is 11.1. The summed E-state index contributed by atoms with van der Waals surface area (Å²) in [5.74, 6) is -0.269. The van der Waals surface area contributed by atoms with Crippen molar-refractivity contribution in [2.45, 2.75) is 43.9 Å². The Hall–Kier alpha value is -1.98. The summed E-state index contributed by atoms with van der Waals surface area (Å²) < 4.78 is 46.2. The summed E-state index contributed by atoms with van der Waals surface area (Å²) in [6, 6.07) is 2.59. The van der Waals surface area contributed by atoms with Crippen molar-refractivity contribution in [2.24, 2.45) is 23.7 Å². The van der Waals surface area contributed by atoms with Crippen LogP contribution in [-0.2, 0) is 6.18 Å². The van der Waals surface area contributed by atoms with Crippen LogP contribution in [0.2, 0.25) is 0 Å². The van der Waals surface area contributed by atoms with Gasteiger partial charge >= 0.3 is 6.18 Å². The van der Waals surface area contributed by atoms with Gasteiger partial charge in [0.25, 0.3) is 0 Å². The Labute approximate surface area is 149 Å². The summed E-state index contributed by atoms with van der Waals surface area (Å²) in [7, 11) is 0. The van der Waals surface area contributed by atoms with Gasteiger partial charge in [0.1, 0.15) is 11.4 Å². The maximum Gasteiger partial charge on any atom is 0.419 e. The first kappa shape index (κ1) is 17.4. The number of aromatic carboxylic acids is 1. The number of halogens is 3. The molecule has 2 bridgehead atoms. The van der Waals surface area contributed by atoms with E-state index in [2.05, 4.69) is 6.58 Å². The zero-order valence-electron chi connectivity index (χ0n) is 14.2. The third-order valence-corrected chi connectivity index (χ3v) is 6.68. The van der Waals surface area contributed by atoms with E-state index in [0.717, 1.165) is 37.5 Å². The summed E-state index contributed by atoms with van der Waals surface area (Å²) in [6.45, 7) is 3.86. The first-order chi connectivity index (χ1) is 12.2. The molecule has 1 aromatic carbocycles. The number of fused-ring (bicyclic) bond motifs is 5. The normalized spacial score (nSPS) is 35.3. The van der Waals surface area contributed by atoms with E-state index in [4.69, 9.17) is 4.74 Å². The van der Waals surface area contributed by atoms with Gasteiger partial charge in [0.2, 0.25) is 0 Å². The summed E-state index contributed by atoms with van der Waals surface area (Å²) in [5, 5.41) is 11.1. The van der Waals surface area contributed by atoms with E-state index in [1.807, 2.05) is 0 Å². The molecule has 3 nitrogen and oxygen atoms in total. The zero-order chi connectivity index (χ0) is 18.7. The van der Waals surface area contributed by atoms with Crippen LogP contribution >= 0.6 is 0 Å². The van der Waals surface area contributed by atoms with Gasteiger partial charge < -0.3 is 14.6 Å². The third kappa shape index (κ3) is 2.53. The van der Waals surface area contributed by atoms with Gasteiger partial charge in [0.05, 0.1) is 11.5 Å². The zero-order valence-corrected chi connectivity index (χ0v) is 14.2. The number of hydrogen-bond acceptors (Lipinski definition) is 3. The predicted molar refractivity (Wildman–Crippen MR) is 86.4 cm³/mol. The van der Waals surface area contributed by atoms with E-state index in [0.29, 0.717) is 24.2 Å². The maximum absolute atomic E-state index is 13.4. The molecule has 0 heterocycles. The van der Waals surface area contributed by atoms with Gasteiger partial charge in [-0.1, -0.05) is 19.1 Å². The van der Waals surface area contributed by atoms with Crippen molar-refractivity contribution < 1.29 is 27.8 Å². The van der Waals surface area contributed by atoms with Gasteiger partial charge in [-0.3, -0.25) is 0 Å². The molecule has 0 N–H and O–H groups in total. The molecule has 3 aliphatic rings. The highest BCUT2D eigenvalue weighted by Gasteiger charge is 2.61. The van der Waals surface area contributed by atoms with Crippen LogP contribution in [-0.4, -0.2) is 11.6 Å². The Balaban J connectivity index is 1.72. The van der Waals surface area contributed by atoms with Gasteiger partial charge in [0, 0.05) is 11.5 Å². The first-order valence-electron chi connectivity index (χ1n) is 9.00. The average Bonchev–Trinajstić information content (AvgIpc) is 3.25. The van der Waals surface area contributed by atoms with E-state index < -0.39 is 29.1 Å². The second-order valence-electron chi connectivity index (χ2n) is 7.82. The van der Waals surface area contributed by atoms with Crippen LogP contribution in [0.15, 0.2) is 30.9 Å². The molecule has 5 unspecified atom stereocenters. The molecule has 6 heteroatoms. The lowest BCUT2D eigenvalue weighted by Gasteiger charge is -2.41. The number of carbonyl (C=O) groups is 1. The highest BCUT2D eigenvalue weighted by atomic mass is 19.4. The molecule has 1 aromatic rings. The van der Waals surface area contributed by atoms with Crippen LogP contribution in [0.5, 0.6) is 5.75 Å². The smallest absolute Gasteiger partial charge is 0.419 e. The molecular weight excluding hydrogens is 345 g/mol. The van der Waals surface area contributed by atoms with Gasteiger partial charge in [-0.15, -0.1) is 0 Å². The van der Waals surface area contributed by atoms with Gasteiger partial charge in [0.15, 0.2) is 0 Å². The fourth-order valence-corrected chi connectivity index (χ4v) is 5.70. The van der Waals surface area contributed by atoms with Crippen LogP contribution in [0.25, 0.3) is 0 Å². The maximum atomic E-state index is 13.4. The summed E-state index contributed by atoms with van der Waals surface area (Å²) >= 11 is 0. The molecule has 4 rings (SSSR count). The molecule has 140 valence electrons. The minimum atomic E-state index is -4.63. The Bertz CT molecular complexity index is 757. The SMILES string of the molecule is C=CC1(Oc2cc(C(=O)[O-])ccc2C(F)(F)F)CC2CC1C1CCCC21. The van der Waals surface area contributed by atoms with Crippen molar-refractivity contribution in [3.63, 3.8) is 0 Å². The topological polar surface area (TPSA) is 49.4 Å². The van der Waals surface area contributed by atoms with E-state index in [9.17, 15) is 23.1 Å². The summed E-state index contributed by atoms with van der Waals surface area (Å²) in [6.07, 6.45) is 2.03. The number of carboxylic acids is 1. The average molecular weight is 365 g/mol. The highest BCUT2D eigenvalue weighted by molar-refractivity contribution is 5.86. The van der Waals surface area contributed by atoms with Gasteiger partial charge in [-0.2, -0.15) is 13.2 Å². The second-order valence-corrected chi connectivity index (χ2v) is 7.82. The van der Waals surface area contributed by atoms with Gasteiger partial charge in [-0.05, 0) is 61.6 Å². The molecule has 0 amide bonds. The largest absolute Gasteiger partial charge is 0.545 e.